The second kappa shape index (κ2) is 29.8. The zero-order valence-corrected chi connectivity index (χ0v) is 27.2. The molecule has 242 valence electrons. The third kappa shape index (κ3) is 31.1. The minimum Gasteiger partial charge on any atom is -0.370 e. The Labute approximate surface area is 253 Å². The van der Waals surface area contributed by atoms with Crippen molar-refractivity contribution < 1.29 is 14.4 Å². The number of nitrogens with zero attached hydrogens (tertiary/aromatic N) is 1. The van der Waals surface area contributed by atoms with Gasteiger partial charge in [0.1, 0.15) is 0 Å². The largest absolute Gasteiger partial charge is 0.370 e. The number of carbonyl (C=O) groups is 3. The summed E-state index contributed by atoms with van der Waals surface area (Å²) in [6.07, 6.45) is 26.8. The minimum atomic E-state index is -0.481. The van der Waals surface area contributed by atoms with Crippen LogP contribution in [0.15, 0.2) is 0 Å². The topological polar surface area (TPSA) is 117 Å². The van der Waals surface area contributed by atoms with Crippen LogP contribution in [0.5, 0.6) is 0 Å². The molecule has 1 atom stereocenters. The molecule has 0 aromatic heterocycles. The first kappa shape index (κ1) is 39.3. The predicted molar refractivity (Wildman–Crippen MR) is 173 cm³/mol. The summed E-state index contributed by atoms with van der Waals surface area (Å²) >= 11 is 0. The van der Waals surface area contributed by atoms with Gasteiger partial charge in [-0.25, -0.2) is 0 Å². The van der Waals surface area contributed by atoms with Crippen LogP contribution in [-0.4, -0.2) is 62.5 Å². The fourth-order valence-electron chi connectivity index (χ4n) is 5.02. The summed E-state index contributed by atoms with van der Waals surface area (Å²) in [5.41, 5.74) is 5.13. The van der Waals surface area contributed by atoms with Gasteiger partial charge in [0.05, 0.1) is 6.17 Å². The predicted octanol–water partition coefficient (Wildman–Crippen LogP) is 6.17. The Morgan fingerprint density at radius 3 is 1.51 bits per heavy atom. The molecule has 0 fully saturated rings. The maximum atomic E-state index is 12.2. The van der Waals surface area contributed by atoms with Crippen LogP contribution in [0.25, 0.3) is 0 Å². The molecule has 3 amide bonds. The van der Waals surface area contributed by atoms with Gasteiger partial charge in [-0.3, -0.25) is 19.7 Å². The number of carbonyl (C=O) groups excluding carboxylic acids is 3. The average Bonchev–Trinajstić information content (AvgIpc) is 2.93. The Hall–Kier alpha value is -1.67. The molecule has 0 heterocycles. The Morgan fingerprint density at radius 1 is 0.610 bits per heavy atom. The average molecular weight is 582 g/mol. The van der Waals surface area contributed by atoms with Gasteiger partial charge in [0.25, 0.3) is 0 Å². The standard InChI is InChI=1S/C33H67N5O3/c1-4-5-6-7-8-9-10-11-12-13-14-15-16-17-18-19-20-21-22-23-32(40)36-28-27-35-31(26-29-38(2)3)37-33(41)25-24-30(34)39/h31,35H,4-29H2,1-3H3,(H2,34,39)(H,36,40)(H,37,41). The third-order valence-corrected chi connectivity index (χ3v) is 7.64. The van der Waals surface area contributed by atoms with E-state index >= 15 is 0 Å². The molecule has 1 unspecified atom stereocenters. The van der Waals surface area contributed by atoms with E-state index in [1.165, 1.54) is 109 Å². The maximum absolute atomic E-state index is 12.2. The van der Waals surface area contributed by atoms with E-state index in [0.717, 1.165) is 25.8 Å². The number of primary amides is 1. The maximum Gasteiger partial charge on any atom is 0.221 e. The quantitative estimate of drug-likeness (QED) is 0.0577. The van der Waals surface area contributed by atoms with Crippen molar-refractivity contribution in [2.45, 2.75) is 161 Å². The van der Waals surface area contributed by atoms with E-state index in [9.17, 15) is 14.4 Å². The third-order valence-electron chi connectivity index (χ3n) is 7.64. The van der Waals surface area contributed by atoms with Crippen molar-refractivity contribution in [3.8, 4) is 0 Å². The Balaban J connectivity index is 3.58. The number of nitrogens with two attached hydrogens (primary N) is 1. The van der Waals surface area contributed by atoms with Crippen molar-refractivity contribution >= 4 is 17.7 Å². The molecule has 0 aliphatic heterocycles. The normalized spacial score (nSPS) is 12.0. The van der Waals surface area contributed by atoms with Gasteiger partial charge in [0, 0.05) is 38.9 Å². The van der Waals surface area contributed by atoms with Crippen LogP contribution in [0.4, 0.5) is 0 Å². The number of amides is 3. The molecule has 8 nitrogen and oxygen atoms in total. The lowest BCUT2D eigenvalue weighted by Crippen LogP contribution is -2.49. The molecule has 0 rings (SSSR count). The molecule has 0 bridgehead atoms. The summed E-state index contributed by atoms with van der Waals surface area (Å²) in [6.45, 7) is 4.18. The summed E-state index contributed by atoms with van der Waals surface area (Å²) in [5.74, 6) is -0.590. The molecule has 0 aromatic rings. The van der Waals surface area contributed by atoms with Gasteiger partial charge in [-0.1, -0.05) is 122 Å². The highest BCUT2D eigenvalue weighted by molar-refractivity contribution is 5.82. The van der Waals surface area contributed by atoms with Crippen molar-refractivity contribution in [2.75, 3.05) is 33.7 Å². The van der Waals surface area contributed by atoms with Gasteiger partial charge < -0.3 is 21.3 Å². The molecule has 41 heavy (non-hydrogen) atoms. The van der Waals surface area contributed by atoms with Gasteiger partial charge in [-0.2, -0.15) is 0 Å². The van der Waals surface area contributed by atoms with Gasteiger partial charge >= 0.3 is 0 Å². The van der Waals surface area contributed by atoms with Crippen LogP contribution < -0.4 is 21.7 Å². The Morgan fingerprint density at radius 2 is 1.07 bits per heavy atom. The van der Waals surface area contributed by atoms with Gasteiger partial charge in [-0.15, -0.1) is 0 Å². The first-order valence-corrected chi connectivity index (χ1v) is 17.1. The lowest BCUT2D eigenvalue weighted by atomic mass is 10.0. The molecular weight excluding hydrogens is 514 g/mol. The van der Waals surface area contributed by atoms with E-state index in [-0.39, 0.29) is 30.8 Å². The van der Waals surface area contributed by atoms with E-state index in [1.54, 1.807) is 0 Å². The number of unbranched alkanes of at least 4 members (excludes halogenated alkanes) is 18. The van der Waals surface area contributed by atoms with E-state index in [0.29, 0.717) is 19.5 Å². The smallest absolute Gasteiger partial charge is 0.221 e. The molecule has 0 aromatic carbocycles. The van der Waals surface area contributed by atoms with Crippen molar-refractivity contribution in [3.63, 3.8) is 0 Å². The molecule has 5 N–H and O–H groups in total. The van der Waals surface area contributed by atoms with E-state index in [1.807, 2.05) is 19.0 Å². The van der Waals surface area contributed by atoms with Crippen LogP contribution in [0, 0.1) is 0 Å². The SMILES string of the molecule is CCCCCCCCCCCCCCCCCCCCCC(=O)NCCNC(CCN(C)C)NC(=O)CCC(N)=O. The van der Waals surface area contributed by atoms with Crippen LogP contribution in [0.3, 0.4) is 0 Å². The fourth-order valence-corrected chi connectivity index (χ4v) is 5.02. The molecule has 0 saturated heterocycles. The van der Waals surface area contributed by atoms with E-state index in [4.69, 9.17) is 5.73 Å². The molecule has 0 saturated carbocycles. The fraction of sp³-hybridized carbons (Fsp3) is 0.909. The van der Waals surface area contributed by atoms with Crippen LogP contribution in [0.1, 0.15) is 155 Å². The zero-order chi connectivity index (χ0) is 30.4. The molecule has 0 aliphatic carbocycles. The lowest BCUT2D eigenvalue weighted by Gasteiger charge is -2.22. The van der Waals surface area contributed by atoms with Crippen molar-refractivity contribution in [1.82, 2.24) is 20.9 Å². The molecular formula is C33H67N5O3. The number of hydrogen-bond donors (Lipinski definition) is 4. The summed E-state index contributed by atoms with van der Waals surface area (Å²) in [7, 11) is 3.96. The highest BCUT2D eigenvalue weighted by Crippen LogP contribution is 2.14. The molecule has 8 heteroatoms. The van der Waals surface area contributed by atoms with Crippen LogP contribution >= 0.6 is 0 Å². The highest BCUT2D eigenvalue weighted by Gasteiger charge is 2.13. The summed E-state index contributed by atoms with van der Waals surface area (Å²) < 4.78 is 0. The number of rotatable bonds is 31. The highest BCUT2D eigenvalue weighted by atomic mass is 16.2. The van der Waals surface area contributed by atoms with Gasteiger partial charge in [0.15, 0.2) is 0 Å². The Kier molecular flexibility index (Phi) is 28.6. The van der Waals surface area contributed by atoms with Crippen LogP contribution in [0.2, 0.25) is 0 Å². The lowest BCUT2D eigenvalue weighted by molar-refractivity contribution is -0.125. The first-order chi connectivity index (χ1) is 19.8. The summed E-state index contributed by atoms with van der Waals surface area (Å²) in [6, 6.07) is 0. The van der Waals surface area contributed by atoms with E-state index < -0.39 is 5.91 Å². The van der Waals surface area contributed by atoms with E-state index in [2.05, 4.69) is 22.9 Å². The van der Waals surface area contributed by atoms with Crippen LogP contribution in [-0.2, 0) is 14.4 Å². The first-order valence-electron chi connectivity index (χ1n) is 17.1. The second-order valence-corrected chi connectivity index (χ2v) is 12.1. The number of hydrogen-bond acceptors (Lipinski definition) is 5. The van der Waals surface area contributed by atoms with Gasteiger partial charge in [-0.05, 0) is 26.9 Å². The van der Waals surface area contributed by atoms with Gasteiger partial charge in [0.2, 0.25) is 17.7 Å². The zero-order valence-electron chi connectivity index (χ0n) is 27.2. The number of nitrogens with one attached hydrogen (secondary N) is 3. The monoisotopic (exact) mass is 582 g/mol. The minimum absolute atomic E-state index is 0.0434. The molecule has 0 radical (unpaired) electrons. The summed E-state index contributed by atoms with van der Waals surface area (Å²) in [4.78, 5) is 37.2. The molecule has 0 spiro atoms. The van der Waals surface area contributed by atoms with Crippen molar-refractivity contribution in [1.29, 1.82) is 0 Å². The Bertz CT molecular complexity index is 630. The summed E-state index contributed by atoms with van der Waals surface area (Å²) in [5, 5.41) is 9.17. The second-order valence-electron chi connectivity index (χ2n) is 12.1. The molecule has 0 aliphatic rings. The van der Waals surface area contributed by atoms with Crippen molar-refractivity contribution in [3.05, 3.63) is 0 Å². The van der Waals surface area contributed by atoms with Crippen molar-refractivity contribution in [2.24, 2.45) is 5.73 Å².